The van der Waals surface area contributed by atoms with Gasteiger partial charge in [-0.15, -0.1) is 0 Å². The van der Waals surface area contributed by atoms with Crippen LogP contribution in [0.5, 0.6) is 0 Å². The zero-order valence-electron chi connectivity index (χ0n) is 9.99. The fourth-order valence-electron chi connectivity index (χ4n) is 2.42. The van der Waals surface area contributed by atoms with Gasteiger partial charge in [-0.1, -0.05) is 20.3 Å². The summed E-state index contributed by atoms with van der Waals surface area (Å²) in [6, 6.07) is 2.63. The standard InChI is InChI=1S/C13H16BrF2N/c1-13(2)5-3-4-12(13)17-11-6-8(14)9(15)7-10(11)16/h6-7,12,17H,3-5H2,1-2H3. The zero-order valence-corrected chi connectivity index (χ0v) is 11.6. The number of anilines is 1. The van der Waals surface area contributed by atoms with Gasteiger partial charge in [-0.3, -0.25) is 0 Å². The lowest BCUT2D eigenvalue weighted by Gasteiger charge is -2.29. The Morgan fingerprint density at radius 1 is 1.29 bits per heavy atom. The van der Waals surface area contributed by atoms with Crippen LogP contribution in [0.25, 0.3) is 0 Å². The maximum atomic E-state index is 13.6. The number of benzene rings is 1. The van der Waals surface area contributed by atoms with Crippen molar-refractivity contribution in [2.45, 2.75) is 39.2 Å². The van der Waals surface area contributed by atoms with Crippen LogP contribution in [0.2, 0.25) is 0 Å². The molecule has 0 amide bonds. The first-order chi connectivity index (χ1) is 7.90. The highest BCUT2D eigenvalue weighted by Crippen LogP contribution is 2.39. The molecule has 1 nitrogen and oxygen atoms in total. The second-order valence-electron chi connectivity index (χ2n) is 5.32. The van der Waals surface area contributed by atoms with Crippen molar-refractivity contribution in [3.63, 3.8) is 0 Å². The fourth-order valence-corrected chi connectivity index (χ4v) is 2.76. The van der Waals surface area contributed by atoms with E-state index in [1.54, 1.807) is 0 Å². The quantitative estimate of drug-likeness (QED) is 0.780. The molecule has 0 heterocycles. The third-order valence-corrected chi connectivity index (χ3v) is 4.20. The molecule has 0 spiro atoms. The highest BCUT2D eigenvalue weighted by molar-refractivity contribution is 9.10. The molecule has 0 bridgehead atoms. The molecule has 1 aliphatic rings. The zero-order chi connectivity index (χ0) is 12.6. The molecule has 94 valence electrons. The van der Waals surface area contributed by atoms with Crippen LogP contribution >= 0.6 is 15.9 Å². The van der Waals surface area contributed by atoms with E-state index in [0.29, 0.717) is 5.69 Å². The van der Waals surface area contributed by atoms with Crippen molar-refractivity contribution in [2.75, 3.05) is 5.32 Å². The molecule has 1 aromatic carbocycles. The monoisotopic (exact) mass is 303 g/mol. The van der Waals surface area contributed by atoms with E-state index in [4.69, 9.17) is 0 Å². The van der Waals surface area contributed by atoms with Crippen LogP contribution in [-0.4, -0.2) is 6.04 Å². The molecule has 0 aromatic heterocycles. The summed E-state index contributed by atoms with van der Waals surface area (Å²) >= 11 is 3.08. The van der Waals surface area contributed by atoms with E-state index in [0.717, 1.165) is 25.3 Å². The van der Waals surface area contributed by atoms with Gasteiger partial charge in [-0.05, 0) is 40.3 Å². The van der Waals surface area contributed by atoms with Gasteiger partial charge in [-0.25, -0.2) is 8.78 Å². The topological polar surface area (TPSA) is 12.0 Å². The highest BCUT2D eigenvalue weighted by atomic mass is 79.9. The number of rotatable bonds is 2. The summed E-state index contributed by atoms with van der Waals surface area (Å²) in [5, 5.41) is 3.20. The van der Waals surface area contributed by atoms with Crippen molar-refractivity contribution in [3.05, 3.63) is 28.2 Å². The van der Waals surface area contributed by atoms with Crippen LogP contribution < -0.4 is 5.32 Å². The molecule has 1 aromatic rings. The first-order valence-corrected chi connectivity index (χ1v) is 6.60. The Balaban J connectivity index is 2.22. The number of hydrogen-bond donors (Lipinski definition) is 1. The van der Waals surface area contributed by atoms with Gasteiger partial charge in [0.15, 0.2) is 0 Å². The first kappa shape index (κ1) is 12.8. The Kier molecular flexibility index (Phi) is 3.43. The SMILES string of the molecule is CC1(C)CCCC1Nc1cc(Br)c(F)cc1F. The summed E-state index contributed by atoms with van der Waals surface area (Å²) in [5.41, 5.74) is 0.533. The molecule has 1 saturated carbocycles. The minimum absolute atomic E-state index is 0.160. The molecule has 2 rings (SSSR count). The molecule has 0 saturated heterocycles. The van der Waals surface area contributed by atoms with E-state index < -0.39 is 11.6 Å². The summed E-state index contributed by atoms with van der Waals surface area (Å²) in [6.07, 6.45) is 3.31. The number of hydrogen-bond acceptors (Lipinski definition) is 1. The van der Waals surface area contributed by atoms with Crippen LogP contribution in [0.1, 0.15) is 33.1 Å². The smallest absolute Gasteiger partial charge is 0.149 e. The van der Waals surface area contributed by atoms with Gasteiger partial charge in [0, 0.05) is 12.1 Å². The molecule has 4 heteroatoms. The molecular formula is C13H16BrF2N. The van der Waals surface area contributed by atoms with Crippen molar-refractivity contribution in [1.82, 2.24) is 0 Å². The molecule has 1 aliphatic carbocycles. The second kappa shape index (κ2) is 4.56. The minimum atomic E-state index is -0.571. The summed E-state index contributed by atoms with van der Waals surface area (Å²) in [4.78, 5) is 0. The second-order valence-corrected chi connectivity index (χ2v) is 6.18. The van der Waals surface area contributed by atoms with E-state index in [-0.39, 0.29) is 15.9 Å². The molecule has 17 heavy (non-hydrogen) atoms. The third kappa shape index (κ3) is 2.62. The normalized spacial score (nSPS) is 22.8. The fraction of sp³-hybridized carbons (Fsp3) is 0.538. The Hall–Kier alpha value is -0.640. The lowest BCUT2D eigenvalue weighted by Crippen LogP contribution is -2.31. The number of nitrogens with one attached hydrogen (secondary N) is 1. The third-order valence-electron chi connectivity index (χ3n) is 3.60. The molecule has 1 fully saturated rings. The van der Waals surface area contributed by atoms with E-state index in [1.165, 1.54) is 6.07 Å². The van der Waals surface area contributed by atoms with Crippen molar-refractivity contribution in [1.29, 1.82) is 0 Å². The Labute approximate surface area is 109 Å². The lowest BCUT2D eigenvalue weighted by molar-refractivity contribution is 0.349. The van der Waals surface area contributed by atoms with Crippen molar-refractivity contribution < 1.29 is 8.78 Å². The molecule has 1 N–H and O–H groups in total. The Morgan fingerprint density at radius 3 is 2.59 bits per heavy atom. The largest absolute Gasteiger partial charge is 0.379 e. The van der Waals surface area contributed by atoms with Gasteiger partial charge in [0.25, 0.3) is 0 Å². The number of halogens is 3. The molecule has 0 radical (unpaired) electrons. The first-order valence-electron chi connectivity index (χ1n) is 5.81. The molecule has 0 aliphatic heterocycles. The Morgan fingerprint density at radius 2 is 2.00 bits per heavy atom. The van der Waals surface area contributed by atoms with Crippen LogP contribution in [0.15, 0.2) is 16.6 Å². The lowest BCUT2D eigenvalue weighted by atomic mass is 9.87. The van der Waals surface area contributed by atoms with E-state index in [9.17, 15) is 8.78 Å². The predicted molar refractivity (Wildman–Crippen MR) is 69.1 cm³/mol. The van der Waals surface area contributed by atoms with Gasteiger partial charge >= 0.3 is 0 Å². The average molecular weight is 304 g/mol. The van der Waals surface area contributed by atoms with Crippen molar-refractivity contribution >= 4 is 21.6 Å². The van der Waals surface area contributed by atoms with Crippen molar-refractivity contribution in [3.8, 4) is 0 Å². The Bertz CT molecular complexity index is 432. The van der Waals surface area contributed by atoms with Crippen molar-refractivity contribution in [2.24, 2.45) is 5.41 Å². The van der Waals surface area contributed by atoms with Crippen LogP contribution in [0.4, 0.5) is 14.5 Å². The minimum Gasteiger partial charge on any atom is -0.379 e. The molecular weight excluding hydrogens is 288 g/mol. The van der Waals surface area contributed by atoms with Gasteiger partial charge in [0.05, 0.1) is 10.2 Å². The summed E-state index contributed by atoms with van der Waals surface area (Å²) < 4.78 is 27.0. The van der Waals surface area contributed by atoms with Gasteiger partial charge in [-0.2, -0.15) is 0 Å². The van der Waals surface area contributed by atoms with E-state index >= 15 is 0 Å². The summed E-state index contributed by atoms with van der Waals surface area (Å²) in [7, 11) is 0. The van der Waals surface area contributed by atoms with Gasteiger partial charge in [0.1, 0.15) is 11.6 Å². The summed E-state index contributed by atoms with van der Waals surface area (Å²) in [6.45, 7) is 4.35. The van der Waals surface area contributed by atoms with E-state index in [2.05, 4.69) is 35.1 Å². The van der Waals surface area contributed by atoms with E-state index in [1.807, 2.05) is 0 Å². The molecule has 1 unspecified atom stereocenters. The predicted octanol–water partition coefficient (Wildman–Crippen LogP) is 4.72. The van der Waals surface area contributed by atoms with Crippen LogP contribution in [0, 0.1) is 17.0 Å². The van der Waals surface area contributed by atoms with Gasteiger partial charge in [0.2, 0.25) is 0 Å². The maximum Gasteiger partial charge on any atom is 0.149 e. The maximum absolute atomic E-state index is 13.6. The summed E-state index contributed by atoms with van der Waals surface area (Å²) in [5.74, 6) is -1.10. The average Bonchev–Trinajstić information content (AvgIpc) is 2.55. The van der Waals surface area contributed by atoms with Gasteiger partial charge < -0.3 is 5.32 Å². The molecule has 1 atom stereocenters. The highest BCUT2D eigenvalue weighted by Gasteiger charge is 2.34. The van der Waals surface area contributed by atoms with Crippen LogP contribution in [-0.2, 0) is 0 Å². The van der Waals surface area contributed by atoms with Crippen LogP contribution in [0.3, 0.4) is 0 Å².